The number of methoxy groups -OCH3 is 2. The Morgan fingerprint density at radius 3 is 2.57 bits per heavy atom. The molecule has 2 N–H and O–H groups in total. The summed E-state index contributed by atoms with van der Waals surface area (Å²) in [5.41, 5.74) is 4.78. The van der Waals surface area contributed by atoms with E-state index in [-0.39, 0.29) is 36.6 Å². The Morgan fingerprint density at radius 1 is 1.09 bits per heavy atom. The summed E-state index contributed by atoms with van der Waals surface area (Å²) < 4.78 is 12.8. The molecular formula is C33H28Cl2N6O6. The third-order valence-electron chi connectivity index (χ3n) is 7.89. The van der Waals surface area contributed by atoms with Crippen molar-refractivity contribution in [2.75, 3.05) is 20.8 Å². The van der Waals surface area contributed by atoms with Crippen LogP contribution in [-0.2, 0) is 11.3 Å². The zero-order valence-corrected chi connectivity index (χ0v) is 26.7. The first-order chi connectivity index (χ1) is 22.7. The number of rotatable bonds is 10. The lowest BCUT2D eigenvalue weighted by Gasteiger charge is -2.23. The van der Waals surface area contributed by atoms with Crippen LogP contribution in [0.4, 0.5) is 4.79 Å². The molecule has 14 heteroatoms. The fourth-order valence-electron chi connectivity index (χ4n) is 5.63. The van der Waals surface area contributed by atoms with Crippen LogP contribution in [0, 0.1) is 0 Å². The zero-order valence-electron chi connectivity index (χ0n) is 25.2. The number of aldehydes is 1. The second-order valence-corrected chi connectivity index (χ2v) is 11.6. The van der Waals surface area contributed by atoms with Gasteiger partial charge in [-0.1, -0.05) is 41.4 Å². The standard InChI is InChI=1S/C33H28Cl2N6O6/c1-46-26-12-19(14-40-16-21(17-42)38-31(26)40)30-29(35)23(10-11-36-30)22-4-3-5-24(28(22)34)25-8-6-18(32(39-25)47-2)13-41(33(44)45)15-20-7-9-27(43)37-20/h3-6,8,10-12,14,16-17,20H,7,9,13,15H2,1-2H3,(H,37,43)(H,44,45)/t20-/m0/s1. The lowest BCUT2D eigenvalue weighted by molar-refractivity contribution is -0.119. The van der Waals surface area contributed by atoms with Gasteiger partial charge in [0.25, 0.3) is 0 Å². The van der Waals surface area contributed by atoms with E-state index >= 15 is 0 Å². The van der Waals surface area contributed by atoms with Crippen molar-refractivity contribution in [1.82, 2.24) is 29.6 Å². The number of ether oxygens (including phenoxy) is 2. The maximum absolute atomic E-state index is 12.0. The molecule has 1 fully saturated rings. The molecule has 0 bridgehead atoms. The highest BCUT2D eigenvalue weighted by Gasteiger charge is 2.26. The quantitative estimate of drug-likeness (QED) is 0.170. The molecule has 1 saturated heterocycles. The van der Waals surface area contributed by atoms with Crippen LogP contribution in [0.1, 0.15) is 28.9 Å². The smallest absolute Gasteiger partial charge is 0.407 e. The summed E-state index contributed by atoms with van der Waals surface area (Å²) in [5.74, 6) is 0.605. The first-order valence-electron chi connectivity index (χ1n) is 14.5. The number of halogens is 2. The predicted molar refractivity (Wildman–Crippen MR) is 175 cm³/mol. The van der Waals surface area contributed by atoms with Crippen LogP contribution < -0.4 is 14.8 Å². The van der Waals surface area contributed by atoms with E-state index in [2.05, 4.69) is 20.3 Å². The molecule has 1 aliphatic heterocycles. The molecule has 1 atom stereocenters. The van der Waals surface area contributed by atoms with Gasteiger partial charge in [0.1, 0.15) is 5.69 Å². The van der Waals surface area contributed by atoms with Crippen LogP contribution in [0.25, 0.3) is 39.3 Å². The van der Waals surface area contributed by atoms with E-state index in [9.17, 15) is 19.5 Å². The van der Waals surface area contributed by atoms with Crippen LogP contribution in [-0.4, -0.2) is 74.5 Å². The molecule has 4 aromatic heterocycles. The van der Waals surface area contributed by atoms with Gasteiger partial charge in [0, 0.05) is 65.4 Å². The van der Waals surface area contributed by atoms with Crippen molar-refractivity contribution in [3.05, 3.63) is 82.4 Å². The number of carboxylic acid groups (broad SMARTS) is 1. The van der Waals surface area contributed by atoms with E-state index in [0.717, 1.165) is 0 Å². The van der Waals surface area contributed by atoms with Crippen molar-refractivity contribution in [3.63, 3.8) is 0 Å². The molecule has 1 aliphatic rings. The predicted octanol–water partition coefficient (Wildman–Crippen LogP) is 6.02. The number of nitrogens with zero attached hydrogens (tertiary/aromatic N) is 5. The molecule has 47 heavy (non-hydrogen) atoms. The maximum atomic E-state index is 12.0. The highest BCUT2D eigenvalue weighted by atomic mass is 35.5. The minimum atomic E-state index is -1.12. The zero-order chi connectivity index (χ0) is 33.2. The minimum Gasteiger partial charge on any atom is -0.493 e. The number of aromatic nitrogens is 4. The number of amides is 2. The Kier molecular flexibility index (Phi) is 8.97. The van der Waals surface area contributed by atoms with Gasteiger partial charge in [0.05, 0.1) is 42.2 Å². The van der Waals surface area contributed by atoms with Gasteiger partial charge in [0.2, 0.25) is 11.8 Å². The Balaban J connectivity index is 1.33. The normalized spacial score (nSPS) is 14.2. The maximum Gasteiger partial charge on any atom is 0.407 e. The number of hydrogen-bond donors (Lipinski definition) is 2. The number of nitrogens with one attached hydrogen (secondary N) is 1. The van der Waals surface area contributed by atoms with E-state index in [1.807, 2.05) is 18.2 Å². The van der Waals surface area contributed by atoms with Gasteiger partial charge in [-0.2, -0.15) is 0 Å². The highest BCUT2D eigenvalue weighted by Crippen LogP contribution is 2.42. The molecule has 240 valence electrons. The molecule has 0 aliphatic carbocycles. The number of carbonyl (C=O) groups is 3. The van der Waals surface area contributed by atoms with Gasteiger partial charge in [0.15, 0.2) is 17.7 Å². The Morgan fingerprint density at radius 2 is 1.87 bits per heavy atom. The molecule has 0 spiro atoms. The Bertz CT molecular complexity index is 2030. The van der Waals surface area contributed by atoms with Crippen LogP contribution >= 0.6 is 23.2 Å². The van der Waals surface area contributed by atoms with Gasteiger partial charge in [-0.05, 0) is 30.7 Å². The van der Waals surface area contributed by atoms with E-state index in [1.54, 1.807) is 47.3 Å². The highest BCUT2D eigenvalue weighted by molar-refractivity contribution is 6.39. The van der Waals surface area contributed by atoms with Crippen molar-refractivity contribution in [3.8, 4) is 45.3 Å². The first kappa shape index (κ1) is 31.8. The van der Waals surface area contributed by atoms with Crippen LogP contribution in [0.2, 0.25) is 10.0 Å². The average molecular weight is 676 g/mol. The minimum absolute atomic E-state index is 0.0213. The van der Waals surface area contributed by atoms with Crippen LogP contribution in [0.3, 0.4) is 0 Å². The molecule has 5 heterocycles. The number of fused-ring (bicyclic) bond motifs is 1. The molecule has 6 rings (SSSR count). The van der Waals surface area contributed by atoms with E-state index in [1.165, 1.54) is 19.1 Å². The number of carbonyl (C=O) groups excluding carboxylic acids is 2. The molecular weight excluding hydrogens is 647 g/mol. The van der Waals surface area contributed by atoms with E-state index < -0.39 is 6.09 Å². The fourth-order valence-corrected chi connectivity index (χ4v) is 6.27. The Hall–Kier alpha value is -5.20. The number of imidazole rings is 1. The molecule has 1 aromatic carbocycles. The number of pyridine rings is 3. The van der Waals surface area contributed by atoms with Crippen molar-refractivity contribution >= 4 is 47.1 Å². The molecule has 0 saturated carbocycles. The van der Waals surface area contributed by atoms with Crippen LogP contribution in [0.15, 0.2) is 61.1 Å². The largest absolute Gasteiger partial charge is 0.493 e. The van der Waals surface area contributed by atoms with Crippen molar-refractivity contribution in [1.29, 1.82) is 0 Å². The summed E-state index contributed by atoms with van der Waals surface area (Å²) in [6, 6.07) is 12.3. The summed E-state index contributed by atoms with van der Waals surface area (Å²) in [6.07, 6.45) is 5.48. The summed E-state index contributed by atoms with van der Waals surface area (Å²) in [4.78, 5) is 49.7. The SMILES string of the molecule is COc1nc(-c2cccc(-c3ccnc(-c4cc(OC)c5nc(C=O)cn5c4)c3Cl)c2Cl)ccc1CN(C[C@@H]1CCC(=O)N1)C(=O)O. The van der Waals surface area contributed by atoms with E-state index in [0.29, 0.717) is 79.8 Å². The summed E-state index contributed by atoms with van der Waals surface area (Å²) in [6.45, 7) is 0.171. The van der Waals surface area contributed by atoms with Gasteiger partial charge in [-0.15, -0.1) is 0 Å². The number of benzene rings is 1. The third kappa shape index (κ3) is 6.29. The van der Waals surface area contributed by atoms with Crippen molar-refractivity contribution in [2.45, 2.75) is 25.4 Å². The summed E-state index contributed by atoms with van der Waals surface area (Å²) in [7, 11) is 2.98. The Labute approximate surface area is 278 Å². The van der Waals surface area contributed by atoms with E-state index in [4.69, 9.17) is 32.7 Å². The lowest BCUT2D eigenvalue weighted by atomic mass is 10.00. The van der Waals surface area contributed by atoms with Crippen LogP contribution in [0.5, 0.6) is 11.6 Å². The second-order valence-electron chi connectivity index (χ2n) is 10.8. The average Bonchev–Trinajstić information content (AvgIpc) is 3.69. The molecule has 0 unspecified atom stereocenters. The third-order valence-corrected chi connectivity index (χ3v) is 8.68. The van der Waals surface area contributed by atoms with Gasteiger partial charge in [-0.25, -0.2) is 14.8 Å². The monoisotopic (exact) mass is 674 g/mol. The molecule has 5 aromatic rings. The van der Waals surface area contributed by atoms with Crippen molar-refractivity contribution in [2.24, 2.45) is 0 Å². The molecule has 0 radical (unpaired) electrons. The summed E-state index contributed by atoms with van der Waals surface area (Å²) in [5, 5.41) is 13.4. The van der Waals surface area contributed by atoms with Gasteiger partial charge >= 0.3 is 6.09 Å². The first-order valence-corrected chi connectivity index (χ1v) is 15.2. The van der Waals surface area contributed by atoms with Gasteiger partial charge < -0.3 is 29.2 Å². The van der Waals surface area contributed by atoms with Gasteiger partial charge in [-0.3, -0.25) is 14.6 Å². The lowest BCUT2D eigenvalue weighted by Crippen LogP contribution is -2.41. The fraction of sp³-hybridized carbons (Fsp3) is 0.212. The van der Waals surface area contributed by atoms with Crippen molar-refractivity contribution < 1.29 is 29.0 Å². The molecule has 12 nitrogen and oxygen atoms in total. The second kappa shape index (κ2) is 13.3. The number of hydrogen-bond acceptors (Lipinski definition) is 8. The molecule has 2 amide bonds. The summed E-state index contributed by atoms with van der Waals surface area (Å²) >= 11 is 14.0. The topological polar surface area (TPSA) is 148 Å².